The van der Waals surface area contributed by atoms with Crippen LogP contribution in [0.2, 0.25) is 0 Å². The zero-order valence-corrected chi connectivity index (χ0v) is 6.35. The number of H-pyrrole nitrogens is 1. The molecule has 1 heterocycles. The monoisotopic (exact) mass is 140 g/mol. The Bertz CT molecular complexity index is 195. The Morgan fingerprint density at radius 1 is 1.70 bits per heavy atom. The van der Waals surface area contributed by atoms with E-state index >= 15 is 0 Å². The van der Waals surface area contributed by atoms with Gasteiger partial charge in [-0.05, 0) is 13.8 Å². The second kappa shape index (κ2) is 3.37. The van der Waals surface area contributed by atoms with Crippen molar-refractivity contribution in [1.82, 2.24) is 9.97 Å². The minimum Gasteiger partial charge on any atom is -0.375 e. The number of rotatable bonds is 3. The number of nitrogens with zero attached hydrogens (tertiary/aromatic N) is 1. The van der Waals surface area contributed by atoms with E-state index < -0.39 is 0 Å². The number of hydrogen-bond donors (Lipinski definition) is 1. The predicted octanol–water partition coefficient (Wildman–Crippen LogP) is 1.25. The Kier molecular flexibility index (Phi) is 2.45. The molecular weight excluding hydrogens is 128 g/mol. The van der Waals surface area contributed by atoms with E-state index in [1.165, 1.54) is 0 Å². The van der Waals surface area contributed by atoms with E-state index in [-0.39, 0.29) is 0 Å². The van der Waals surface area contributed by atoms with E-state index in [0.29, 0.717) is 6.61 Å². The summed E-state index contributed by atoms with van der Waals surface area (Å²) < 4.78 is 5.16. The molecule has 10 heavy (non-hydrogen) atoms. The minimum atomic E-state index is 0.636. The SMILES string of the molecule is CCOCc1cnc(C)[nH]1. The quantitative estimate of drug-likeness (QED) is 0.686. The number of ether oxygens (including phenoxy) is 1. The maximum Gasteiger partial charge on any atom is 0.103 e. The maximum atomic E-state index is 5.16. The van der Waals surface area contributed by atoms with Gasteiger partial charge in [0.1, 0.15) is 5.82 Å². The van der Waals surface area contributed by atoms with Crippen LogP contribution in [0.1, 0.15) is 18.4 Å². The van der Waals surface area contributed by atoms with Crippen molar-refractivity contribution < 1.29 is 4.74 Å². The molecule has 3 nitrogen and oxygen atoms in total. The Morgan fingerprint density at radius 3 is 3.00 bits per heavy atom. The lowest BCUT2D eigenvalue weighted by Crippen LogP contribution is -1.91. The number of nitrogens with one attached hydrogen (secondary N) is 1. The summed E-state index contributed by atoms with van der Waals surface area (Å²) in [6.07, 6.45) is 1.80. The summed E-state index contributed by atoms with van der Waals surface area (Å²) in [7, 11) is 0. The fourth-order valence-electron chi connectivity index (χ4n) is 0.757. The summed E-state index contributed by atoms with van der Waals surface area (Å²) in [5, 5.41) is 0. The summed E-state index contributed by atoms with van der Waals surface area (Å²) in [5.41, 5.74) is 1.04. The lowest BCUT2D eigenvalue weighted by atomic mass is 10.5. The van der Waals surface area contributed by atoms with Crippen LogP contribution >= 0.6 is 0 Å². The van der Waals surface area contributed by atoms with E-state index in [0.717, 1.165) is 18.1 Å². The van der Waals surface area contributed by atoms with E-state index in [1.807, 2.05) is 13.8 Å². The molecule has 0 aliphatic rings. The third-order valence-corrected chi connectivity index (χ3v) is 1.22. The fraction of sp³-hybridized carbons (Fsp3) is 0.571. The second-order valence-electron chi connectivity index (χ2n) is 2.13. The Morgan fingerprint density at radius 2 is 2.50 bits per heavy atom. The van der Waals surface area contributed by atoms with E-state index in [1.54, 1.807) is 6.20 Å². The summed E-state index contributed by atoms with van der Waals surface area (Å²) in [5.74, 6) is 0.940. The van der Waals surface area contributed by atoms with Crippen LogP contribution in [0.4, 0.5) is 0 Å². The van der Waals surface area contributed by atoms with Crippen LogP contribution < -0.4 is 0 Å². The van der Waals surface area contributed by atoms with Gasteiger partial charge < -0.3 is 9.72 Å². The van der Waals surface area contributed by atoms with Gasteiger partial charge in [-0.3, -0.25) is 0 Å². The standard InChI is InChI=1S/C7H12N2O/c1-3-10-5-7-4-8-6(2)9-7/h4H,3,5H2,1-2H3,(H,8,9). The maximum absolute atomic E-state index is 5.16. The number of hydrogen-bond acceptors (Lipinski definition) is 2. The molecule has 1 aromatic heterocycles. The highest BCUT2D eigenvalue weighted by Gasteiger charge is 1.93. The normalized spacial score (nSPS) is 10.2. The van der Waals surface area contributed by atoms with Gasteiger partial charge >= 0.3 is 0 Å². The molecule has 0 fully saturated rings. The molecule has 0 bridgehead atoms. The highest BCUT2D eigenvalue weighted by Crippen LogP contribution is 1.96. The Hall–Kier alpha value is -0.830. The lowest BCUT2D eigenvalue weighted by molar-refractivity contribution is 0.131. The zero-order valence-electron chi connectivity index (χ0n) is 6.35. The second-order valence-corrected chi connectivity index (χ2v) is 2.13. The van der Waals surface area contributed by atoms with Gasteiger partial charge in [0.25, 0.3) is 0 Å². The average Bonchev–Trinajstić information content (AvgIpc) is 2.31. The first-order chi connectivity index (χ1) is 4.83. The van der Waals surface area contributed by atoms with Crippen molar-refractivity contribution in [1.29, 1.82) is 0 Å². The molecule has 0 aromatic carbocycles. The third kappa shape index (κ3) is 1.84. The van der Waals surface area contributed by atoms with E-state index in [9.17, 15) is 0 Å². The van der Waals surface area contributed by atoms with Gasteiger partial charge in [-0.1, -0.05) is 0 Å². The van der Waals surface area contributed by atoms with Crippen molar-refractivity contribution >= 4 is 0 Å². The smallest absolute Gasteiger partial charge is 0.103 e. The summed E-state index contributed by atoms with van der Waals surface area (Å²) in [6, 6.07) is 0. The summed E-state index contributed by atoms with van der Waals surface area (Å²) in [6.45, 7) is 5.29. The van der Waals surface area contributed by atoms with Crippen LogP contribution in [0.3, 0.4) is 0 Å². The van der Waals surface area contributed by atoms with Crippen molar-refractivity contribution in [2.75, 3.05) is 6.61 Å². The van der Waals surface area contributed by atoms with Crippen LogP contribution in [-0.2, 0) is 11.3 Å². The molecular formula is C7H12N2O. The minimum absolute atomic E-state index is 0.636. The molecule has 0 saturated carbocycles. The first-order valence-electron chi connectivity index (χ1n) is 3.41. The number of aryl methyl sites for hydroxylation is 1. The molecule has 1 aromatic rings. The fourth-order valence-corrected chi connectivity index (χ4v) is 0.757. The summed E-state index contributed by atoms with van der Waals surface area (Å²) >= 11 is 0. The van der Waals surface area contributed by atoms with Crippen molar-refractivity contribution in [3.05, 3.63) is 17.7 Å². The van der Waals surface area contributed by atoms with Crippen molar-refractivity contribution in [3.63, 3.8) is 0 Å². The highest BCUT2D eigenvalue weighted by molar-refractivity contribution is 4.97. The Balaban J connectivity index is 2.42. The van der Waals surface area contributed by atoms with Gasteiger partial charge in [0.2, 0.25) is 0 Å². The van der Waals surface area contributed by atoms with Crippen LogP contribution in [0, 0.1) is 6.92 Å². The predicted molar refractivity (Wildman–Crippen MR) is 38.7 cm³/mol. The van der Waals surface area contributed by atoms with Crippen LogP contribution in [0.25, 0.3) is 0 Å². The molecule has 1 rings (SSSR count). The molecule has 0 aliphatic carbocycles. The summed E-state index contributed by atoms with van der Waals surface area (Å²) in [4.78, 5) is 7.11. The largest absolute Gasteiger partial charge is 0.375 e. The van der Waals surface area contributed by atoms with Gasteiger partial charge in [-0.25, -0.2) is 4.98 Å². The highest BCUT2D eigenvalue weighted by atomic mass is 16.5. The molecule has 0 amide bonds. The molecule has 1 N–H and O–H groups in total. The number of aromatic amines is 1. The molecule has 0 radical (unpaired) electrons. The zero-order chi connectivity index (χ0) is 7.40. The van der Waals surface area contributed by atoms with Gasteiger partial charge in [-0.15, -0.1) is 0 Å². The van der Waals surface area contributed by atoms with Gasteiger partial charge in [0.15, 0.2) is 0 Å². The lowest BCUT2D eigenvalue weighted by Gasteiger charge is -1.95. The molecule has 0 spiro atoms. The van der Waals surface area contributed by atoms with E-state index in [2.05, 4.69) is 9.97 Å². The first-order valence-corrected chi connectivity index (χ1v) is 3.41. The molecule has 0 unspecified atom stereocenters. The molecule has 0 atom stereocenters. The average molecular weight is 140 g/mol. The first kappa shape index (κ1) is 7.28. The van der Waals surface area contributed by atoms with E-state index in [4.69, 9.17) is 4.74 Å². The van der Waals surface area contributed by atoms with Crippen molar-refractivity contribution in [2.24, 2.45) is 0 Å². The molecule has 56 valence electrons. The Labute approximate surface area is 60.4 Å². The third-order valence-electron chi connectivity index (χ3n) is 1.22. The van der Waals surface area contributed by atoms with Crippen LogP contribution in [0.15, 0.2) is 6.20 Å². The van der Waals surface area contributed by atoms with Gasteiger partial charge in [0, 0.05) is 6.61 Å². The van der Waals surface area contributed by atoms with Crippen molar-refractivity contribution in [3.8, 4) is 0 Å². The molecule has 3 heteroatoms. The van der Waals surface area contributed by atoms with Crippen molar-refractivity contribution in [2.45, 2.75) is 20.5 Å². The topological polar surface area (TPSA) is 37.9 Å². The molecule has 0 aliphatic heterocycles. The van der Waals surface area contributed by atoms with Gasteiger partial charge in [-0.2, -0.15) is 0 Å². The van der Waals surface area contributed by atoms with Crippen LogP contribution in [0.5, 0.6) is 0 Å². The van der Waals surface area contributed by atoms with Gasteiger partial charge in [0.05, 0.1) is 18.5 Å². The van der Waals surface area contributed by atoms with Crippen LogP contribution in [-0.4, -0.2) is 16.6 Å². The number of aromatic nitrogens is 2. The number of imidazole rings is 1. The molecule has 0 saturated heterocycles.